The number of carbonyl (C=O) groups is 1. The molecule has 0 saturated heterocycles. The first-order valence-electron chi connectivity index (χ1n) is 7.20. The molecule has 3 rings (SSSR count). The number of carbonyl (C=O) groups excluding carboxylic acids is 1. The van der Waals surface area contributed by atoms with Crippen LogP contribution < -0.4 is 0 Å². The summed E-state index contributed by atoms with van der Waals surface area (Å²) >= 11 is 9.05. The van der Waals surface area contributed by atoms with Crippen LogP contribution in [0.25, 0.3) is 11.4 Å². The van der Waals surface area contributed by atoms with E-state index in [4.69, 9.17) is 20.5 Å². The van der Waals surface area contributed by atoms with E-state index in [2.05, 4.69) is 26.1 Å². The number of aromatic nitrogens is 2. The molecule has 24 heavy (non-hydrogen) atoms. The number of halogens is 2. The highest BCUT2D eigenvalue weighted by Gasteiger charge is 2.20. The number of rotatable bonds is 5. The van der Waals surface area contributed by atoms with Gasteiger partial charge in [0.2, 0.25) is 11.7 Å². The monoisotopic (exact) mass is 409 g/mol. The SMILES string of the molecule is CCN(Cc1nc(-c2ccc(Cl)cc2)no1)C(=O)c1ccc(Br)o1. The standard InChI is InChI=1S/C16H13BrClN3O3/c1-2-21(16(22)12-7-8-13(17)23-12)9-14-19-15(20-24-14)10-3-5-11(18)6-4-10/h3-8H,2,9H2,1H3. The first-order chi connectivity index (χ1) is 11.6. The number of hydrogen-bond donors (Lipinski definition) is 0. The van der Waals surface area contributed by atoms with Crippen LogP contribution in [0.1, 0.15) is 23.4 Å². The largest absolute Gasteiger partial charge is 0.444 e. The third-order valence-corrected chi connectivity index (χ3v) is 4.03. The van der Waals surface area contributed by atoms with Crippen molar-refractivity contribution in [1.82, 2.24) is 15.0 Å². The molecule has 0 N–H and O–H groups in total. The Morgan fingerprint density at radius 2 is 2.00 bits per heavy atom. The molecular formula is C16H13BrClN3O3. The van der Waals surface area contributed by atoms with Crippen LogP contribution in [-0.4, -0.2) is 27.5 Å². The molecule has 0 radical (unpaired) electrons. The van der Waals surface area contributed by atoms with Crippen molar-refractivity contribution in [2.24, 2.45) is 0 Å². The third kappa shape index (κ3) is 3.68. The molecule has 3 aromatic rings. The summed E-state index contributed by atoms with van der Waals surface area (Å²) in [6.07, 6.45) is 0. The fraction of sp³-hybridized carbons (Fsp3) is 0.188. The zero-order valence-corrected chi connectivity index (χ0v) is 15.0. The Morgan fingerprint density at radius 3 is 2.62 bits per heavy atom. The van der Waals surface area contributed by atoms with E-state index < -0.39 is 0 Å². The highest BCUT2D eigenvalue weighted by Crippen LogP contribution is 2.20. The zero-order valence-electron chi connectivity index (χ0n) is 12.7. The van der Waals surface area contributed by atoms with Crippen molar-refractivity contribution in [3.8, 4) is 11.4 Å². The highest BCUT2D eigenvalue weighted by molar-refractivity contribution is 9.10. The minimum Gasteiger partial charge on any atom is -0.444 e. The predicted molar refractivity (Wildman–Crippen MR) is 91.6 cm³/mol. The summed E-state index contributed by atoms with van der Waals surface area (Å²) in [4.78, 5) is 18.3. The van der Waals surface area contributed by atoms with E-state index in [1.807, 2.05) is 6.92 Å². The van der Waals surface area contributed by atoms with Crippen molar-refractivity contribution < 1.29 is 13.7 Å². The highest BCUT2D eigenvalue weighted by atomic mass is 79.9. The molecule has 0 unspecified atom stereocenters. The summed E-state index contributed by atoms with van der Waals surface area (Å²) in [7, 11) is 0. The van der Waals surface area contributed by atoms with Gasteiger partial charge in [0.1, 0.15) is 6.54 Å². The van der Waals surface area contributed by atoms with Gasteiger partial charge in [0, 0.05) is 17.1 Å². The zero-order chi connectivity index (χ0) is 17.1. The van der Waals surface area contributed by atoms with Gasteiger partial charge in [-0.05, 0) is 59.3 Å². The van der Waals surface area contributed by atoms with Crippen LogP contribution >= 0.6 is 27.5 Å². The van der Waals surface area contributed by atoms with Crippen LogP contribution in [0.5, 0.6) is 0 Å². The van der Waals surface area contributed by atoms with Crippen LogP contribution in [0.2, 0.25) is 5.02 Å². The van der Waals surface area contributed by atoms with Gasteiger partial charge in [0.25, 0.3) is 5.91 Å². The summed E-state index contributed by atoms with van der Waals surface area (Å²) < 4.78 is 11.0. The topological polar surface area (TPSA) is 72.4 Å². The van der Waals surface area contributed by atoms with Crippen molar-refractivity contribution in [2.45, 2.75) is 13.5 Å². The average molecular weight is 411 g/mol. The van der Waals surface area contributed by atoms with E-state index in [0.29, 0.717) is 28.0 Å². The summed E-state index contributed by atoms with van der Waals surface area (Å²) in [5.74, 6) is 0.808. The first-order valence-corrected chi connectivity index (χ1v) is 8.37. The molecule has 1 amide bonds. The molecular weight excluding hydrogens is 398 g/mol. The molecule has 0 aliphatic heterocycles. The smallest absolute Gasteiger partial charge is 0.290 e. The van der Waals surface area contributed by atoms with Gasteiger partial charge >= 0.3 is 0 Å². The number of amides is 1. The van der Waals surface area contributed by atoms with Gasteiger partial charge in [-0.2, -0.15) is 4.98 Å². The van der Waals surface area contributed by atoms with E-state index in [1.165, 1.54) is 0 Å². The molecule has 0 fully saturated rings. The molecule has 0 aliphatic rings. The van der Waals surface area contributed by atoms with Crippen molar-refractivity contribution >= 4 is 33.4 Å². The van der Waals surface area contributed by atoms with Gasteiger partial charge in [-0.25, -0.2) is 0 Å². The Balaban J connectivity index is 1.75. The van der Waals surface area contributed by atoms with Gasteiger partial charge in [0.05, 0.1) is 0 Å². The fourth-order valence-electron chi connectivity index (χ4n) is 2.11. The Kier molecular flexibility index (Phi) is 5.01. The second-order valence-electron chi connectivity index (χ2n) is 4.94. The fourth-order valence-corrected chi connectivity index (χ4v) is 2.54. The van der Waals surface area contributed by atoms with Gasteiger partial charge in [-0.1, -0.05) is 16.8 Å². The van der Waals surface area contributed by atoms with Crippen molar-refractivity contribution in [3.05, 3.63) is 57.7 Å². The Bertz CT molecular complexity index is 844. The van der Waals surface area contributed by atoms with E-state index in [9.17, 15) is 4.79 Å². The third-order valence-electron chi connectivity index (χ3n) is 3.35. The molecule has 0 aliphatic carbocycles. The van der Waals surface area contributed by atoms with Crippen LogP contribution in [0.4, 0.5) is 0 Å². The van der Waals surface area contributed by atoms with Crippen LogP contribution in [-0.2, 0) is 6.54 Å². The normalized spacial score (nSPS) is 10.8. The lowest BCUT2D eigenvalue weighted by Gasteiger charge is -2.16. The lowest BCUT2D eigenvalue weighted by atomic mass is 10.2. The van der Waals surface area contributed by atoms with Crippen molar-refractivity contribution in [2.75, 3.05) is 6.54 Å². The minimum absolute atomic E-state index is 0.203. The second-order valence-corrected chi connectivity index (χ2v) is 6.16. The molecule has 0 bridgehead atoms. The molecule has 2 aromatic heterocycles. The number of nitrogens with zero attached hydrogens (tertiary/aromatic N) is 3. The van der Waals surface area contributed by atoms with Crippen LogP contribution in [0.15, 0.2) is 50.0 Å². The van der Waals surface area contributed by atoms with Gasteiger partial charge in [-0.3, -0.25) is 4.79 Å². The molecule has 6 nitrogen and oxygen atoms in total. The van der Waals surface area contributed by atoms with E-state index >= 15 is 0 Å². The molecule has 8 heteroatoms. The number of furan rings is 1. The molecule has 0 spiro atoms. The van der Waals surface area contributed by atoms with Crippen LogP contribution in [0, 0.1) is 0 Å². The Hall–Kier alpha value is -2.12. The van der Waals surface area contributed by atoms with Crippen LogP contribution in [0.3, 0.4) is 0 Å². The maximum absolute atomic E-state index is 12.4. The van der Waals surface area contributed by atoms with Crippen molar-refractivity contribution in [1.29, 1.82) is 0 Å². The molecule has 0 atom stereocenters. The molecule has 2 heterocycles. The average Bonchev–Trinajstić information content (AvgIpc) is 3.22. The number of benzene rings is 1. The lowest BCUT2D eigenvalue weighted by molar-refractivity contribution is 0.0701. The second kappa shape index (κ2) is 7.19. The Morgan fingerprint density at radius 1 is 1.25 bits per heavy atom. The maximum atomic E-state index is 12.4. The maximum Gasteiger partial charge on any atom is 0.290 e. The van der Waals surface area contributed by atoms with E-state index in [0.717, 1.165) is 5.56 Å². The predicted octanol–water partition coefficient (Wildman–Crippen LogP) is 4.41. The van der Waals surface area contributed by atoms with Gasteiger partial charge in [-0.15, -0.1) is 0 Å². The molecule has 1 aromatic carbocycles. The minimum atomic E-state index is -0.241. The molecule has 0 saturated carbocycles. The lowest BCUT2D eigenvalue weighted by Crippen LogP contribution is -2.30. The molecule has 124 valence electrons. The summed E-state index contributed by atoms with van der Waals surface area (Å²) in [6.45, 7) is 2.55. The summed E-state index contributed by atoms with van der Waals surface area (Å²) in [5.41, 5.74) is 0.791. The number of hydrogen-bond acceptors (Lipinski definition) is 5. The first kappa shape index (κ1) is 16.7. The van der Waals surface area contributed by atoms with Crippen molar-refractivity contribution in [3.63, 3.8) is 0 Å². The summed E-state index contributed by atoms with van der Waals surface area (Å²) in [6, 6.07) is 10.4. The Labute approximate surface area is 151 Å². The summed E-state index contributed by atoms with van der Waals surface area (Å²) in [5, 5.41) is 4.58. The van der Waals surface area contributed by atoms with Gasteiger partial charge < -0.3 is 13.8 Å². The van der Waals surface area contributed by atoms with E-state index in [-0.39, 0.29) is 18.2 Å². The quantitative estimate of drug-likeness (QED) is 0.623. The van der Waals surface area contributed by atoms with Gasteiger partial charge in [0.15, 0.2) is 10.4 Å². The van der Waals surface area contributed by atoms with E-state index in [1.54, 1.807) is 41.3 Å².